The molecule has 0 bridgehead atoms. The molecule has 4 N–H and O–H groups in total. The zero-order valence-electron chi connectivity index (χ0n) is 25.1. The number of phenols is 1. The fraction of sp³-hybridized carbons (Fsp3) is 0.500. The lowest BCUT2D eigenvalue weighted by Gasteiger charge is -2.56. The van der Waals surface area contributed by atoms with Crippen molar-refractivity contribution in [1.82, 2.24) is 15.0 Å². The third-order valence-electron chi connectivity index (χ3n) is 9.50. The molecule has 234 valence electrons. The normalized spacial score (nSPS) is 28.1. The van der Waals surface area contributed by atoms with Gasteiger partial charge in [-0.25, -0.2) is 4.68 Å². The number of phenolic OH excluding ortho intramolecular Hbond substituents is 1. The summed E-state index contributed by atoms with van der Waals surface area (Å²) in [7, 11) is 0. The SMILES string of the molecule is CCON=C1CC(n2nncc2-c2ccccc2)C2(O)Oc3ccc(O)cc3C3C(CCCCO)C(CCCCO)C=C1C32. The number of hydrogen-bond acceptors (Lipinski definition) is 9. The van der Waals surface area contributed by atoms with Gasteiger partial charge >= 0.3 is 0 Å². The standard InChI is InChI=1S/C34H42N4O6/c1-2-43-36-28-20-31(38-29(21-35-37-38)22-10-4-3-5-11-22)34(42)33-26(28)18-23(12-6-8-16-39)25(13-7-9-17-40)32(33)27-19-24(41)14-15-30(27)44-34/h3-5,10-11,14-15,18-19,21,23,25,31-33,39-42H,2,6-9,12-13,16-17,20H2,1H3. The van der Waals surface area contributed by atoms with Crippen LogP contribution >= 0.6 is 0 Å². The van der Waals surface area contributed by atoms with Crippen LogP contribution in [0.2, 0.25) is 0 Å². The van der Waals surface area contributed by atoms with Crippen molar-refractivity contribution < 1.29 is 30.0 Å². The minimum absolute atomic E-state index is 0.0846. The molecule has 6 rings (SSSR count). The number of aliphatic hydroxyl groups excluding tert-OH is 2. The average Bonchev–Trinajstić information content (AvgIpc) is 3.52. The van der Waals surface area contributed by atoms with Crippen molar-refractivity contribution >= 4 is 5.71 Å². The van der Waals surface area contributed by atoms with Crippen LogP contribution in [0.25, 0.3) is 11.3 Å². The lowest BCUT2D eigenvalue weighted by molar-refractivity contribution is -0.224. The first-order valence-corrected chi connectivity index (χ1v) is 15.8. The second-order valence-corrected chi connectivity index (χ2v) is 12.1. The highest BCUT2D eigenvalue weighted by atomic mass is 16.6. The molecular weight excluding hydrogens is 560 g/mol. The van der Waals surface area contributed by atoms with Crippen LogP contribution in [-0.2, 0) is 4.84 Å². The Morgan fingerprint density at radius 3 is 2.57 bits per heavy atom. The molecule has 0 amide bonds. The highest BCUT2D eigenvalue weighted by Gasteiger charge is 2.63. The summed E-state index contributed by atoms with van der Waals surface area (Å²) in [6.07, 6.45) is 9.00. The number of hydrogen-bond donors (Lipinski definition) is 4. The number of nitrogens with zero attached hydrogens (tertiary/aromatic N) is 4. The Labute approximate surface area is 257 Å². The van der Waals surface area contributed by atoms with Gasteiger partial charge in [0, 0.05) is 36.7 Å². The van der Waals surface area contributed by atoms with E-state index in [1.807, 2.05) is 37.3 Å². The van der Waals surface area contributed by atoms with Crippen molar-refractivity contribution in [3.05, 3.63) is 71.9 Å². The Hall–Kier alpha value is -3.73. The fourth-order valence-electron chi connectivity index (χ4n) is 7.64. The fourth-order valence-corrected chi connectivity index (χ4v) is 7.64. The summed E-state index contributed by atoms with van der Waals surface area (Å²) in [4.78, 5) is 5.66. The van der Waals surface area contributed by atoms with Gasteiger partial charge in [-0.1, -0.05) is 59.6 Å². The minimum Gasteiger partial charge on any atom is -0.508 e. The molecule has 3 aliphatic rings. The van der Waals surface area contributed by atoms with Gasteiger partial charge in [0.05, 0.1) is 23.5 Å². The van der Waals surface area contributed by atoms with Crippen LogP contribution in [-0.4, -0.2) is 66.7 Å². The van der Waals surface area contributed by atoms with E-state index in [-0.39, 0.29) is 36.7 Å². The summed E-state index contributed by atoms with van der Waals surface area (Å²) in [6.45, 7) is 2.54. The van der Waals surface area contributed by atoms with Crippen LogP contribution < -0.4 is 4.74 Å². The van der Waals surface area contributed by atoms with Crippen molar-refractivity contribution in [2.75, 3.05) is 19.8 Å². The van der Waals surface area contributed by atoms with E-state index in [1.165, 1.54) is 0 Å². The van der Waals surface area contributed by atoms with Crippen LogP contribution in [0.5, 0.6) is 11.5 Å². The molecule has 44 heavy (non-hydrogen) atoms. The Bertz CT molecular complexity index is 1490. The maximum absolute atomic E-state index is 13.0. The lowest BCUT2D eigenvalue weighted by Crippen LogP contribution is -2.62. The maximum atomic E-state index is 13.0. The number of aromatic hydroxyl groups is 1. The molecular formula is C34H42N4O6. The van der Waals surface area contributed by atoms with E-state index in [1.54, 1.807) is 29.1 Å². The van der Waals surface area contributed by atoms with Gasteiger partial charge in [0.15, 0.2) is 0 Å². The van der Waals surface area contributed by atoms with Crippen LogP contribution in [0.3, 0.4) is 0 Å². The van der Waals surface area contributed by atoms with Gasteiger partial charge in [-0.15, -0.1) is 5.10 Å². The molecule has 2 heterocycles. The van der Waals surface area contributed by atoms with E-state index in [0.29, 0.717) is 31.6 Å². The van der Waals surface area contributed by atoms with E-state index < -0.39 is 17.7 Å². The third-order valence-corrected chi connectivity index (χ3v) is 9.50. The largest absolute Gasteiger partial charge is 0.508 e. The minimum atomic E-state index is -1.71. The first-order valence-electron chi connectivity index (χ1n) is 15.8. The lowest BCUT2D eigenvalue weighted by atomic mass is 9.55. The first-order chi connectivity index (χ1) is 21.5. The molecule has 1 aliphatic heterocycles. The number of oxime groups is 1. The van der Waals surface area contributed by atoms with Gasteiger partial charge < -0.3 is 30.0 Å². The second kappa shape index (κ2) is 13.1. The van der Waals surface area contributed by atoms with Crippen LogP contribution in [0.15, 0.2) is 71.5 Å². The van der Waals surface area contributed by atoms with Crippen LogP contribution in [0.1, 0.15) is 69.4 Å². The molecule has 10 heteroatoms. The monoisotopic (exact) mass is 602 g/mol. The van der Waals surface area contributed by atoms with Gasteiger partial charge in [0.1, 0.15) is 24.1 Å². The highest BCUT2D eigenvalue weighted by molar-refractivity contribution is 6.02. The summed E-state index contributed by atoms with van der Waals surface area (Å²) in [5.41, 5.74) is 4.15. The molecule has 2 aromatic carbocycles. The van der Waals surface area contributed by atoms with Crippen molar-refractivity contribution in [2.24, 2.45) is 22.9 Å². The van der Waals surface area contributed by atoms with Gasteiger partial charge in [-0.05, 0) is 68.2 Å². The summed E-state index contributed by atoms with van der Waals surface area (Å²) in [5, 5.41) is 56.2. The molecule has 6 unspecified atom stereocenters. The van der Waals surface area contributed by atoms with E-state index >= 15 is 0 Å². The summed E-state index contributed by atoms with van der Waals surface area (Å²) < 4.78 is 8.40. The Morgan fingerprint density at radius 2 is 1.82 bits per heavy atom. The van der Waals surface area contributed by atoms with Crippen molar-refractivity contribution in [3.8, 4) is 22.8 Å². The molecule has 3 aromatic rings. The zero-order valence-corrected chi connectivity index (χ0v) is 25.1. The van der Waals surface area contributed by atoms with Gasteiger partial charge in [0.25, 0.3) is 0 Å². The maximum Gasteiger partial charge on any atom is 0.238 e. The van der Waals surface area contributed by atoms with E-state index in [9.17, 15) is 20.4 Å². The third kappa shape index (κ3) is 5.50. The van der Waals surface area contributed by atoms with Crippen molar-refractivity contribution in [2.45, 2.75) is 69.6 Å². The molecule has 2 aliphatic carbocycles. The van der Waals surface area contributed by atoms with Gasteiger partial charge in [0.2, 0.25) is 5.79 Å². The topological polar surface area (TPSA) is 142 Å². The Kier molecular flexibility index (Phi) is 9.02. The van der Waals surface area contributed by atoms with Gasteiger partial charge in [-0.2, -0.15) is 0 Å². The quantitative estimate of drug-likeness (QED) is 0.168. The molecule has 0 spiro atoms. The average molecular weight is 603 g/mol. The van der Waals surface area contributed by atoms with E-state index in [2.05, 4.69) is 21.5 Å². The number of unbranched alkanes of at least 4 members (excludes halogenated alkanes) is 2. The van der Waals surface area contributed by atoms with Gasteiger partial charge in [-0.3, -0.25) is 0 Å². The number of aliphatic hydroxyl groups is 3. The predicted octanol–water partition coefficient (Wildman–Crippen LogP) is 4.97. The molecule has 1 saturated carbocycles. The number of aromatic nitrogens is 3. The summed E-state index contributed by atoms with van der Waals surface area (Å²) in [5.74, 6) is -1.58. The molecule has 6 atom stereocenters. The predicted molar refractivity (Wildman–Crippen MR) is 165 cm³/mol. The van der Waals surface area contributed by atoms with E-state index in [0.717, 1.165) is 53.8 Å². The number of ether oxygens (including phenoxy) is 1. The molecule has 0 radical (unpaired) electrons. The smallest absolute Gasteiger partial charge is 0.238 e. The molecule has 1 aromatic heterocycles. The molecule has 10 nitrogen and oxygen atoms in total. The number of allylic oxidation sites excluding steroid dienone is 1. The Morgan fingerprint density at radius 1 is 1.05 bits per heavy atom. The van der Waals surface area contributed by atoms with Crippen molar-refractivity contribution in [3.63, 3.8) is 0 Å². The summed E-state index contributed by atoms with van der Waals surface area (Å²) in [6, 6.07) is 14.2. The zero-order chi connectivity index (χ0) is 30.7. The summed E-state index contributed by atoms with van der Waals surface area (Å²) >= 11 is 0. The second-order valence-electron chi connectivity index (χ2n) is 12.1. The van der Waals surface area contributed by atoms with Crippen LogP contribution in [0, 0.1) is 17.8 Å². The number of fused-ring (bicyclic) bond motifs is 2. The highest BCUT2D eigenvalue weighted by Crippen LogP contribution is 2.62. The molecule has 0 saturated heterocycles. The van der Waals surface area contributed by atoms with Crippen LogP contribution in [0.4, 0.5) is 0 Å². The Balaban J connectivity index is 1.55. The molecule has 1 fully saturated rings. The first kappa shape index (κ1) is 30.3. The number of benzene rings is 2. The van der Waals surface area contributed by atoms with Crippen molar-refractivity contribution in [1.29, 1.82) is 0 Å². The van der Waals surface area contributed by atoms with E-state index in [4.69, 9.17) is 9.57 Å². The number of rotatable bonds is 12.